The number of carbonyl (C=O) groups is 1. The van der Waals surface area contributed by atoms with Crippen LogP contribution in [0.3, 0.4) is 0 Å². The first-order chi connectivity index (χ1) is 24.5. The molecule has 0 aliphatic heterocycles. The summed E-state index contributed by atoms with van der Waals surface area (Å²) in [6.07, 6.45) is -1.38. The Bertz CT molecular complexity index is 1750. The zero-order chi connectivity index (χ0) is 37.8. The molecule has 52 heavy (non-hydrogen) atoms. The number of aliphatic hydroxyl groups excluding tert-OH is 3. The first-order valence-electron chi connectivity index (χ1n) is 17.5. The molecule has 1 saturated carbocycles. The van der Waals surface area contributed by atoms with Gasteiger partial charge in [-0.15, -0.1) is 13.2 Å². The molecule has 1 fully saturated rings. The summed E-state index contributed by atoms with van der Waals surface area (Å²) in [6, 6.07) is 13.7. The third kappa shape index (κ3) is 9.27. The van der Waals surface area contributed by atoms with Gasteiger partial charge in [0.15, 0.2) is 17.4 Å². The van der Waals surface area contributed by atoms with Gasteiger partial charge in [-0.25, -0.2) is 8.78 Å². The molecule has 3 aromatic rings. The van der Waals surface area contributed by atoms with E-state index in [1.54, 1.807) is 11.0 Å². The first-order valence-corrected chi connectivity index (χ1v) is 17.5. The van der Waals surface area contributed by atoms with E-state index in [0.717, 1.165) is 17.7 Å². The van der Waals surface area contributed by atoms with Crippen LogP contribution in [0.2, 0.25) is 0 Å². The lowest BCUT2D eigenvalue weighted by Crippen LogP contribution is -2.53. The number of ether oxygens (including phenoxy) is 1. The van der Waals surface area contributed by atoms with E-state index in [9.17, 15) is 47.2 Å². The Kier molecular flexibility index (Phi) is 12.3. The predicted molar refractivity (Wildman–Crippen MR) is 185 cm³/mol. The lowest BCUT2D eigenvalue weighted by molar-refractivity contribution is -0.274. The number of allylic oxidation sites excluding steroid dienone is 2. The normalized spacial score (nSPS) is 24.7. The maximum Gasteiger partial charge on any atom is 0.573 e. The topological polar surface area (TPSA) is 110 Å². The number of hydrogen-bond donors (Lipinski definition) is 4. The monoisotopic (exact) mass is 731 g/mol. The van der Waals surface area contributed by atoms with Crippen molar-refractivity contribution in [2.75, 3.05) is 19.7 Å². The van der Waals surface area contributed by atoms with Gasteiger partial charge in [0.1, 0.15) is 5.75 Å². The van der Waals surface area contributed by atoms with Crippen molar-refractivity contribution >= 4 is 5.78 Å². The number of rotatable bonds is 10. The van der Waals surface area contributed by atoms with E-state index in [-0.39, 0.29) is 48.8 Å². The number of fused-ring (bicyclic) bond motifs is 8. The summed E-state index contributed by atoms with van der Waals surface area (Å²) < 4.78 is 70.5. The summed E-state index contributed by atoms with van der Waals surface area (Å²) in [4.78, 5) is 15.9. The van der Waals surface area contributed by atoms with Gasteiger partial charge >= 0.3 is 6.36 Å². The van der Waals surface area contributed by atoms with Crippen molar-refractivity contribution in [1.29, 1.82) is 0 Å². The molecule has 0 unspecified atom stereocenters. The van der Waals surface area contributed by atoms with Crippen molar-refractivity contribution in [3.63, 3.8) is 0 Å². The van der Waals surface area contributed by atoms with E-state index in [2.05, 4.69) is 10.8 Å². The number of alkyl halides is 3. The fourth-order valence-corrected chi connectivity index (χ4v) is 7.95. The predicted octanol–water partition coefficient (Wildman–Crippen LogP) is 6.99. The van der Waals surface area contributed by atoms with E-state index < -0.39 is 53.6 Å². The van der Waals surface area contributed by atoms with E-state index in [0.29, 0.717) is 55.2 Å². The Balaban J connectivity index is 1.55. The molecule has 0 radical (unpaired) electrons. The molecule has 0 heterocycles. The van der Waals surface area contributed by atoms with Crippen molar-refractivity contribution in [1.82, 2.24) is 4.90 Å². The van der Waals surface area contributed by atoms with Crippen LogP contribution in [-0.2, 0) is 13.0 Å². The van der Waals surface area contributed by atoms with Crippen LogP contribution >= 0.6 is 0 Å². The average Bonchev–Trinajstić information content (AvgIpc) is 3.33. The Morgan fingerprint density at radius 3 is 2.42 bits per heavy atom. The number of carbonyl (C=O) groups excluding carboxylic acids is 1. The van der Waals surface area contributed by atoms with Gasteiger partial charge in [-0.1, -0.05) is 42.8 Å². The fraction of sp³-hybridized carbons (Fsp3) is 0.475. The molecular weight excluding hydrogens is 685 g/mol. The van der Waals surface area contributed by atoms with E-state index in [1.807, 2.05) is 26.0 Å². The largest absolute Gasteiger partial charge is 0.573 e. The number of hydrogen-bond acceptors (Lipinski definition) is 7. The van der Waals surface area contributed by atoms with Crippen molar-refractivity contribution in [3.05, 3.63) is 112 Å². The summed E-state index contributed by atoms with van der Waals surface area (Å²) in [6.45, 7) is 3.52. The molecule has 282 valence electrons. The second-order valence-electron chi connectivity index (χ2n) is 14.6. The highest BCUT2D eigenvalue weighted by atomic mass is 19.4. The summed E-state index contributed by atoms with van der Waals surface area (Å²) in [5.74, 6) is -3.53. The van der Waals surface area contributed by atoms with E-state index >= 15 is 0 Å². The highest BCUT2D eigenvalue weighted by Gasteiger charge is 2.57. The van der Waals surface area contributed by atoms with Crippen LogP contribution in [-0.4, -0.2) is 75.0 Å². The van der Waals surface area contributed by atoms with Crippen LogP contribution < -0.4 is 4.74 Å². The minimum atomic E-state index is -4.85. The second kappa shape index (κ2) is 16.1. The summed E-state index contributed by atoms with van der Waals surface area (Å²) in [5, 5.41) is 43.8. The van der Waals surface area contributed by atoms with Gasteiger partial charge in [-0.2, -0.15) is 0 Å². The van der Waals surface area contributed by atoms with Crippen LogP contribution in [0.1, 0.15) is 90.9 Å². The van der Waals surface area contributed by atoms with E-state index in [1.165, 1.54) is 30.3 Å². The minimum Gasteiger partial charge on any atom is -0.406 e. The van der Waals surface area contributed by atoms with Crippen molar-refractivity contribution < 1.29 is 51.9 Å². The molecule has 4 N–H and O–H groups in total. The quantitative estimate of drug-likeness (QED) is 0.101. The summed E-state index contributed by atoms with van der Waals surface area (Å²) >= 11 is 0. The third-order valence-corrected chi connectivity index (χ3v) is 10.8. The molecule has 0 amide bonds. The van der Waals surface area contributed by atoms with Gasteiger partial charge in [0.25, 0.3) is 0 Å². The molecule has 0 spiro atoms. The molecule has 2 bridgehead atoms. The molecule has 3 aliphatic rings. The molecule has 0 saturated heterocycles. The van der Waals surface area contributed by atoms with Crippen LogP contribution in [0.25, 0.3) is 0 Å². The number of benzene rings is 3. The zero-order valence-corrected chi connectivity index (χ0v) is 29.3. The number of ketones is 1. The van der Waals surface area contributed by atoms with Gasteiger partial charge < -0.3 is 25.2 Å². The van der Waals surface area contributed by atoms with Crippen molar-refractivity contribution in [3.8, 4) is 5.75 Å². The van der Waals surface area contributed by atoms with Gasteiger partial charge in [-0.05, 0) is 111 Å². The smallest absolute Gasteiger partial charge is 0.406 e. The molecular formula is C40H46F5NO6. The average molecular weight is 732 g/mol. The van der Waals surface area contributed by atoms with Gasteiger partial charge in [-0.3, -0.25) is 9.69 Å². The molecule has 12 heteroatoms. The van der Waals surface area contributed by atoms with Gasteiger partial charge in [0.2, 0.25) is 0 Å². The highest BCUT2D eigenvalue weighted by molar-refractivity contribution is 6.10. The Labute approximate surface area is 300 Å². The maximum atomic E-state index is 14.3. The van der Waals surface area contributed by atoms with Crippen molar-refractivity contribution in [2.45, 2.75) is 95.4 Å². The lowest BCUT2D eigenvalue weighted by Gasteiger charge is -2.46. The number of aliphatic hydroxyl groups is 4. The van der Waals surface area contributed by atoms with Gasteiger partial charge in [0, 0.05) is 36.2 Å². The second-order valence-corrected chi connectivity index (χ2v) is 14.6. The minimum absolute atomic E-state index is 0.0251. The SMILES string of the molecule is CC1=CCC[C@@]2(C)[C@@H](CC[C@@]2(O)CN(Cc2ccc(OC(F)(F)F)cc2)C[C@H](O)CO)c2ccc(cc2C(=O)c2ccc(F)c(F)c2)C[C@@H](O)CC1. The van der Waals surface area contributed by atoms with Crippen molar-refractivity contribution in [2.24, 2.45) is 5.41 Å². The number of halogens is 5. The summed E-state index contributed by atoms with van der Waals surface area (Å²) in [7, 11) is 0. The fourth-order valence-electron chi connectivity index (χ4n) is 7.95. The molecule has 7 nitrogen and oxygen atoms in total. The molecule has 5 atom stereocenters. The zero-order valence-electron chi connectivity index (χ0n) is 29.3. The third-order valence-electron chi connectivity index (χ3n) is 10.8. The Hall–Kier alpha value is -3.68. The standard InChI is InChI=1S/C40H46F5NO6/c1-25-4-3-16-38(2)34(32-13-8-27(18-29(48)10-5-25)19-33(32)37(50)28-9-14-35(41)36(42)20-28)15-17-39(38,51)24-46(22-30(49)23-47)21-26-6-11-31(12-7-26)52-40(43,44)45/h4,6-9,11-14,19-20,29-30,34,47-49,51H,3,5,10,15-18,21-24H2,1-2H3/t29-,30-,34-,38-,39+/m0/s1. The Morgan fingerprint density at radius 1 is 1.02 bits per heavy atom. The van der Waals surface area contributed by atoms with Crippen LogP contribution in [0.4, 0.5) is 22.0 Å². The Morgan fingerprint density at radius 2 is 1.75 bits per heavy atom. The molecule has 0 aromatic heterocycles. The van der Waals surface area contributed by atoms with Crippen LogP contribution in [0.5, 0.6) is 5.75 Å². The van der Waals surface area contributed by atoms with E-state index in [4.69, 9.17) is 0 Å². The maximum absolute atomic E-state index is 14.3. The lowest BCUT2D eigenvalue weighted by atomic mass is 9.64. The highest BCUT2D eigenvalue weighted by Crippen LogP contribution is 2.59. The first kappa shape index (κ1) is 39.5. The number of nitrogens with zero attached hydrogens (tertiary/aromatic N) is 1. The van der Waals surface area contributed by atoms with Crippen LogP contribution in [0.15, 0.2) is 72.3 Å². The van der Waals surface area contributed by atoms with Crippen LogP contribution in [0, 0.1) is 17.0 Å². The molecule has 3 aliphatic carbocycles. The summed E-state index contributed by atoms with van der Waals surface area (Å²) in [5.41, 5.74) is 0.943. The van der Waals surface area contributed by atoms with Gasteiger partial charge in [0.05, 0.1) is 24.4 Å². The molecule has 6 rings (SSSR count). The molecule has 3 aromatic carbocycles.